The third kappa shape index (κ3) is 9.83. The molecular formula is C31H34F3N7O3. The maximum absolute atomic E-state index is 10.6. The fourth-order valence-electron chi connectivity index (χ4n) is 4.44. The number of alkyl halides is 3. The lowest BCUT2D eigenvalue weighted by atomic mass is 10.00. The van der Waals surface area contributed by atoms with Gasteiger partial charge in [-0.15, -0.1) is 0 Å². The molecule has 0 unspecified atom stereocenters. The predicted molar refractivity (Wildman–Crippen MR) is 163 cm³/mol. The second kappa shape index (κ2) is 15.5. The van der Waals surface area contributed by atoms with E-state index in [9.17, 15) is 18.3 Å². The molecule has 0 bridgehead atoms. The van der Waals surface area contributed by atoms with Crippen LogP contribution in [0.5, 0.6) is 5.75 Å². The van der Waals surface area contributed by atoms with Crippen LogP contribution in [0.4, 0.5) is 31.0 Å². The van der Waals surface area contributed by atoms with E-state index in [1.807, 2.05) is 18.2 Å². The van der Waals surface area contributed by atoms with Crippen molar-refractivity contribution in [2.75, 3.05) is 48.3 Å². The molecule has 5 N–H and O–H groups in total. The van der Waals surface area contributed by atoms with Crippen LogP contribution < -0.4 is 20.9 Å². The van der Waals surface area contributed by atoms with Crippen LogP contribution in [0, 0.1) is 0 Å². The Kier molecular flexibility index (Phi) is 11.3. The normalized spacial score (nSPS) is 13.3. The summed E-state index contributed by atoms with van der Waals surface area (Å²) in [6, 6.07) is 26.1. The number of aromatic nitrogens is 3. The zero-order valence-electron chi connectivity index (χ0n) is 23.9. The first-order valence-electron chi connectivity index (χ1n) is 14.1. The highest BCUT2D eigenvalue weighted by Gasteiger charge is 2.38. The van der Waals surface area contributed by atoms with Gasteiger partial charge in [-0.05, 0) is 53.8 Å². The van der Waals surface area contributed by atoms with Crippen LogP contribution in [0.3, 0.4) is 0 Å². The van der Waals surface area contributed by atoms with E-state index < -0.39 is 12.1 Å². The Morgan fingerprint density at radius 3 is 2.23 bits per heavy atom. The van der Waals surface area contributed by atoms with Gasteiger partial charge in [-0.2, -0.15) is 28.1 Å². The Morgan fingerprint density at radius 2 is 1.52 bits per heavy atom. The number of carbonyl (C=O) groups is 1. The Bertz CT molecular complexity index is 1480. The zero-order chi connectivity index (χ0) is 31.4. The Labute approximate surface area is 253 Å². The number of carboxylic acids is 1. The standard InChI is InChI=1S/C29H33N7O.C2HF3O2/c37-25-13-11-22(12-14-25)15-17-31-27-33-28(35-29(34-27)36-19-6-16-30-18-20-36)32-21-24-9-4-5-10-26(24)23-7-2-1-3-8-23;3-2(4,5)1(6)7/h1-5,7-14,30,37H,6,15-21H2,(H2,31,32,33,34,35);(H,6,7). The number of carboxylic acid groups (broad SMARTS) is 1. The summed E-state index contributed by atoms with van der Waals surface area (Å²) in [5, 5.41) is 26.9. The molecule has 13 heteroatoms. The molecule has 232 valence electrons. The summed E-state index contributed by atoms with van der Waals surface area (Å²) in [7, 11) is 0. The lowest BCUT2D eigenvalue weighted by Crippen LogP contribution is -2.30. The number of benzene rings is 3. The summed E-state index contributed by atoms with van der Waals surface area (Å²) in [4.78, 5) is 25.3. The lowest BCUT2D eigenvalue weighted by molar-refractivity contribution is -0.192. The quantitative estimate of drug-likeness (QED) is 0.178. The summed E-state index contributed by atoms with van der Waals surface area (Å²) in [5.74, 6) is -0.690. The molecule has 1 aromatic heterocycles. The van der Waals surface area contributed by atoms with Gasteiger partial charge in [-0.1, -0.05) is 66.7 Å². The molecule has 0 saturated carbocycles. The molecule has 1 aliphatic rings. The Morgan fingerprint density at radius 1 is 0.864 bits per heavy atom. The van der Waals surface area contributed by atoms with E-state index in [0.29, 0.717) is 30.9 Å². The second-order valence-electron chi connectivity index (χ2n) is 9.90. The van der Waals surface area contributed by atoms with E-state index in [-0.39, 0.29) is 5.75 Å². The number of hydrogen-bond acceptors (Lipinski definition) is 9. The molecule has 1 fully saturated rings. The number of nitrogens with one attached hydrogen (secondary N) is 3. The molecule has 0 atom stereocenters. The van der Waals surface area contributed by atoms with Crippen molar-refractivity contribution in [1.82, 2.24) is 20.3 Å². The zero-order valence-corrected chi connectivity index (χ0v) is 23.9. The van der Waals surface area contributed by atoms with Crippen molar-refractivity contribution in [2.45, 2.75) is 25.6 Å². The van der Waals surface area contributed by atoms with Crippen molar-refractivity contribution in [3.8, 4) is 16.9 Å². The van der Waals surface area contributed by atoms with Gasteiger partial charge < -0.3 is 31.1 Å². The number of rotatable bonds is 9. The van der Waals surface area contributed by atoms with Gasteiger partial charge in [0.15, 0.2) is 0 Å². The van der Waals surface area contributed by atoms with Crippen molar-refractivity contribution < 1.29 is 28.2 Å². The molecule has 3 aromatic carbocycles. The number of aliphatic carboxylic acids is 1. The maximum Gasteiger partial charge on any atom is 0.490 e. The number of halogens is 3. The van der Waals surface area contributed by atoms with Crippen molar-refractivity contribution >= 4 is 23.8 Å². The largest absolute Gasteiger partial charge is 0.508 e. The summed E-state index contributed by atoms with van der Waals surface area (Å²) < 4.78 is 31.7. The number of hydrogen-bond donors (Lipinski definition) is 5. The van der Waals surface area contributed by atoms with E-state index >= 15 is 0 Å². The molecule has 2 heterocycles. The smallest absolute Gasteiger partial charge is 0.490 e. The molecule has 0 spiro atoms. The van der Waals surface area contributed by atoms with Gasteiger partial charge in [0.25, 0.3) is 0 Å². The number of nitrogens with zero attached hydrogens (tertiary/aromatic N) is 4. The van der Waals surface area contributed by atoms with Gasteiger partial charge in [-0.25, -0.2) is 4.79 Å². The van der Waals surface area contributed by atoms with Crippen LogP contribution in [-0.4, -0.2) is 70.0 Å². The van der Waals surface area contributed by atoms with Gasteiger partial charge in [0.2, 0.25) is 17.8 Å². The van der Waals surface area contributed by atoms with Gasteiger partial charge >= 0.3 is 12.1 Å². The van der Waals surface area contributed by atoms with Crippen molar-refractivity contribution in [3.05, 3.63) is 90.0 Å². The van der Waals surface area contributed by atoms with E-state index in [0.717, 1.165) is 44.6 Å². The summed E-state index contributed by atoms with van der Waals surface area (Å²) >= 11 is 0. The van der Waals surface area contributed by atoms with Crippen LogP contribution >= 0.6 is 0 Å². The highest BCUT2D eigenvalue weighted by atomic mass is 19.4. The number of phenolic OH excluding ortho intramolecular Hbond substituents is 1. The third-order valence-corrected chi connectivity index (χ3v) is 6.66. The van der Waals surface area contributed by atoms with Gasteiger partial charge in [0.05, 0.1) is 0 Å². The minimum atomic E-state index is -5.08. The topological polar surface area (TPSA) is 136 Å². The molecule has 0 amide bonds. The van der Waals surface area contributed by atoms with Crippen LogP contribution in [0.15, 0.2) is 78.9 Å². The monoisotopic (exact) mass is 609 g/mol. The summed E-state index contributed by atoms with van der Waals surface area (Å²) in [5.41, 5.74) is 4.69. The third-order valence-electron chi connectivity index (χ3n) is 6.66. The predicted octanol–water partition coefficient (Wildman–Crippen LogP) is 4.94. The van der Waals surface area contributed by atoms with E-state index in [1.165, 1.54) is 16.7 Å². The van der Waals surface area contributed by atoms with Crippen molar-refractivity contribution in [1.29, 1.82) is 0 Å². The van der Waals surface area contributed by atoms with Crippen molar-refractivity contribution in [3.63, 3.8) is 0 Å². The Hall–Kier alpha value is -4.91. The molecule has 44 heavy (non-hydrogen) atoms. The van der Waals surface area contributed by atoms with Crippen molar-refractivity contribution in [2.24, 2.45) is 0 Å². The first-order valence-corrected chi connectivity index (χ1v) is 14.1. The maximum atomic E-state index is 10.6. The van der Waals surface area contributed by atoms with Gasteiger partial charge in [0.1, 0.15) is 5.75 Å². The van der Waals surface area contributed by atoms with E-state index in [4.69, 9.17) is 19.9 Å². The van der Waals surface area contributed by atoms with Gasteiger partial charge in [0, 0.05) is 32.7 Å². The van der Waals surface area contributed by atoms with Crippen LogP contribution in [0.1, 0.15) is 17.5 Å². The fourth-order valence-corrected chi connectivity index (χ4v) is 4.44. The molecule has 1 aliphatic heterocycles. The SMILES string of the molecule is O=C(O)C(F)(F)F.Oc1ccc(CCNc2nc(NCc3ccccc3-c3ccccc3)nc(N3CCCNCC3)n2)cc1. The number of aromatic hydroxyl groups is 1. The number of anilines is 3. The van der Waals surface area contributed by atoms with Crippen LogP contribution in [0.25, 0.3) is 11.1 Å². The molecule has 1 saturated heterocycles. The first-order chi connectivity index (χ1) is 21.2. The fraction of sp³-hybridized carbons (Fsp3) is 0.290. The van der Waals surface area contributed by atoms with Crippen LogP contribution in [0.2, 0.25) is 0 Å². The lowest BCUT2D eigenvalue weighted by Gasteiger charge is -2.21. The summed E-state index contributed by atoms with van der Waals surface area (Å²) in [6.07, 6.45) is -3.25. The highest BCUT2D eigenvalue weighted by Crippen LogP contribution is 2.24. The van der Waals surface area contributed by atoms with Gasteiger partial charge in [-0.3, -0.25) is 0 Å². The molecular weight excluding hydrogens is 575 g/mol. The van der Waals surface area contributed by atoms with E-state index in [1.54, 1.807) is 12.1 Å². The van der Waals surface area contributed by atoms with E-state index in [2.05, 4.69) is 74.4 Å². The average Bonchev–Trinajstić information content (AvgIpc) is 3.31. The number of phenols is 1. The molecule has 0 radical (unpaired) electrons. The van der Waals surface area contributed by atoms with Crippen LogP contribution in [-0.2, 0) is 17.8 Å². The molecule has 4 aromatic rings. The molecule has 0 aliphatic carbocycles. The minimum absolute atomic E-state index is 0.273. The summed E-state index contributed by atoms with van der Waals surface area (Å²) in [6.45, 7) is 4.94. The average molecular weight is 610 g/mol. The minimum Gasteiger partial charge on any atom is -0.508 e. The highest BCUT2D eigenvalue weighted by molar-refractivity contribution is 5.73. The first kappa shape index (κ1) is 32.0. The Balaban J connectivity index is 0.000000566. The molecule has 10 nitrogen and oxygen atoms in total. The second-order valence-corrected chi connectivity index (χ2v) is 9.90. The molecule has 5 rings (SSSR count).